The van der Waals surface area contributed by atoms with Crippen molar-refractivity contribution in [3.05, 3.63) is 70.6 Å². The smallest absolute Gasteiger partial charge is 0.268 e. The maximum Gasteiger partial charge on any atom is 0.268 e. The number of hydrogen-bond acceptors (Lipinski definition) is 3. The van der Waals surface area contributed by atoms with Crippen LogP contribution in [-0.2, 0) is 0 Å². The molecule has 1 aliphatic rings. The lowest BCUT2D eigenvalue weighted by Gasteiger charge is -2.18. The molecule has 1 atom stereocenters. The molecule has 0 amide bonds. The van der Waals surface area contributed by atoms with Crippen LogP contribution >= 0.6 is 0 Å². The van der Waals surface area contributed by atoms with E-state index in [0.717, 1.165) is 0 Å². The number of rotatable bonds is 3. The zero-order valence-electron chi connectivity index (χ0n) is 12.9. The van der Waals surface area contributed by atoms with E-state index in [1.165, 1.54) is 10.6 Å². The minimum absolute atomic E-state index is 0.00828. The molecule has 0 fully saturated rings. The number of nitrogens with zero attached hydrogens (tertiary/aromatic N) is 2. The average molecular weight is 311 g/mol. The fourth-order valence-corrected chi connectivity index (χ4v) is 2.62. The molecule has 5 heteroatoms. The van der Waals surface area contributed by atoms with Crippen molar-refractivity contribution >= 4 is 16.6 Å². The lowest BCUT2D eigenvalue weighted by Crippen LogP contribution is -2.29. The number of allylic oxidation sites excluding steroid dienone is 6. The summed E-state index contributed by atoms with van der Waals surface area (Å²) in [5.74, 6) is -0.116. The predicted octanol–water partition coefficient (Wildman–Crippen LogP) is 3.30. The summed E-state index contributed by atoms with van der Waals surface area (Å²) in [7, 11) is 0. The van der Waals surface area contributed by atoms with E-state index in [1.807, 2.05) is 37.3 Å². The van der Waals surface area contributed by atoms with Crippen LogP contribution in [-0.4, -0.2) is 9.55 Å². The summed E-state index contributed by atoms with van der Waals surface area (Å²) in [6, 6.07) is 4.05. The Morgan fingerprint density at radius 2 is 2.22 bits per heavy atom. The fourth-order valence-electron chi connectivity index (χ4n) is 2.62. The average Bonchev–Trinajstić information content (AvgIpc) is 2.82. The van der Waals surface area contributed by atoms with Crippen molar-refractivity contribution in [2.75, 3.05) is 0 Å². The second-order valence-corrected chi connectivity index (χ2v) is 5.41. The van der Waals surface area contributed by atoms with Crippen LogP contribution in [0.1, 0.15) is 31.6 Å². The lowest BCUT2D eigenvalue weighted by atomic mass is 10.1. The first-order valence-corrected chi connectivity index (χ1v) is 7.64. The van der Waals surface area contributed by atoms with Crippen molar-refractivity contribution in [3.63, 3.8) is 0 Å². The predicted molar refractivity (Wildman–Crippen MR) is 90.4 cm³/mol. The third kappa shape index (κ3) is 2.75. The lowest BCUT2D eigenvalue weighted by molar-refractivity contribution is 0.618. The molecule has 2 aromatic rings. The molecule has 2 N–H and O–H groups in total. The first kappa shape index (κ1) is 15.4. The van der Waals surface area contributed by atoms with E-state index in [1.54, 1.807) is 12.1 Å². The van der Waals surface area contributed by atoms with Gasteiger partial charge in [0.25, 0.3) is 5.56 Å². The minimum atomic E-state index is -0.568. The van der Waals surface area contributed by atoms with Crippen LogP contribution in [0.3, 0.4) is 0 Å². The highest BCUT2D eigenvalue weighted by molar-refractivity contribution is 5.79. The van der Waals surface area contributed by atoms with E-state index >= 15 is 0 Å². The van der Waals surface area contributed by atoms with Gasteiger partial charge in [0.15, 0.2) is 0 Å². The molecule has 4 nitrogen and oxygen atoms in total. The molecule has 0 bridgehead atoms. The minimum Gasteiger partial charge on any atom is -0.321 e. The maximum absolute atomic E-state index is 14.2. The summed E-state index contributed by atoms with van der Waals surface area (Å²) in [5.41, 5.74) is 6.73. The van der Waals surface area contributed by atoms with E-state index in [0.29, 0.717) is 29.9 Å². The number of nitrogens with two attached hydrogens (primary N) is 1. The molecular weight excluding hydrogens is 293 g/mol. The molecule has 0 aliphatic heterocycles. The van der Waals surface area contributed by atoms with Gasteiger partial charge in [-0.15, -0.1) is 0 Å². The van der Waals surface area contributed by atoms with Crippen LogP contribution in [0.5, 0.6) is 0 Å². The quantitative estimate of drug-likeness (QED) is 0.946. The summed E-state index contributed by atoms with van der Waals surface area (Å²) in [6.45, 7) is 1.93. The third-order valence-electron chi connectivity index (χ3n) is 3.88. The molecule has 1 aromatic carbocycles. The fraction of sp³-hybridized carbons (Fsp3) is 0.222. The highest BCUT2D eigenvalue weighted by atomic mass is 19.1. The molecule has 0 radical (unpaired) electrons. The van der Waals surface area contributed by atoms with Crippen molar-refractivity contribution in [1.29, 1.82) is 0 Å². The van der Waals surface area contributed by atoms with Crippen LogP contribution in [0.25, 0.3) is 16.6 Å². The number of benzene rings is 1. The number of fused-ring (bicyclic) bond motifs is 1. The summed E-state index contributed by atoms with van der Waals surface area (Å²) in [5, 5.41) is -0.00828. The van der Waals surface area contributed by atoms with Gasteiger partial charge in [0.2, 0.25) is 0 Å². The Balaban J connectivity index is 2.37. The van der Waals surface area contributed by atoms with E-state index in [4.69, 9.17) is 5.73 Å². The van der Waals surface area contributed by atoms with E-state index in [9.17, 15) is 9.18 Å². The molecule has 1 heterocycles. The largest absolute Gasteiger partial charge is 0.321 e. The molecule has 0 spiro atoms. The first-order chi connectivity index (χ1) is 11.1. The number of halogens is 1. The SMILES string of the molecule is CC[C@H](N)c1nc2cccc(F)c2c(=O)n1C1=CCC=CC=C1. The van der Waals surface area contributed by atoms with Gasteiger partial charge in [-0.2, -0.15) is 0 Å². The summed E-state index contributed by atoms with van der Waals surface area (Å²) in [4.78, 5) is 17.4. The molecule has 1 aliphatic carbocycles. The van der Waals surface area contributed by atoms with E-state index in [2.05, 4.69) is 4.98 Å². The van der Waals surface area contributed by atoms with E-state index in [-0.39, 0.29) is 5.39 Å². The Kier molecular flexibility index (Phi) is 4.21. The Bertz CT molecular complexity index is 893. The molecule has 118 valence electrons. The second-order valence-electron chi connectivity index (χ2n) is 5.41. The monoisotopic (exact) mass is 311 g/mol. The standard InChI is InChI=1S/C18H18FN3O/c1-2-14(20)17-21-15-11-7-10-13(19)16(15)18(23)22(17)12-8-5-3-4-6-9-12/h3-5,7-11,14H,2,6,20H2,1H3/t14-/m0/s1. The molecule has 3 rings (SSSR count). The van der Waals surface area contributed by atoms with Crippen LogP contribution < -0.4 is 11.3 Å². The summed E-state index contributed by atoms with van der Waals surface area (Å²) < 4.78 is 15.6. The van der Waals surface area contributed by atoms with Gasteiger partial charge >= 0.3 is 0 Å². The van der Waals surface area contributed by atoms with Crippen molar-refractivity contribution in [3.8, 4) is 0 Å². The normalized spacial score (nSPS) is 15.5. The topological polar surface area (TPSA) is 60.9 Å². The van der Waals surface area contributed by atoms with Gasteiger partial charge in [0.05, 0.1) is 11.6 Å². The summed E-state index contributed by atoms with van der Waals surface area (Å²) in [6.07, 6.45) is 10.8. The zero-order chi connectivity index (χ0) is 16.4. The van der Waals surface area contributed by atoms with Crippen molar-refractivity contribution in [1.82, 2.24) is 9.55 Å². The summed E-state index contributed by atoms with van der Waals surface area (Å²) >= 11 is 0. The van der Waals surface area contributed by atoms with Crippen LogP contribution in [0.4, 0.5) is 4.39 Å². The highest BCUT2D eigenvalue weighted by Gasteiger charge is 2.19. The Morgan fingerprint density at radius 1 is 1.39 bits per heavy atom. The van der Waals surface area contributed by atoms with Crippen molar-refractivity contribution in [2.45, 2.75) is 25.8 Å². The Morgan fingerprint density at radius 3 is 3.00 bits per heavy atom. The van der Waals surface area contributed by atoms with Crippen LogP contribution in [0.2, 0.25) is 0 Å². The molecule has 1 aromatic heterocycles. The van der Waals surface area contributed by atoms with Gasteiger partial charge in [0.1, 0.15) is 17.0 Å². The molecule has 0 saturated carbocycles. The number of aromatic nitrogens is 2. The second kappa shape index (κ2) is 6.30. The third-order valence-corrected chi connectivity index (χ3v) is 3.88. The van der Waals surface area contributed by atoms with Crippen LogP contribution in [0, 0.1) is 5.82 Å². The number of hydrogen-bond donors (Lipinski definition) is 1. The van der Waals surface area contributed by atoms with Gasteiger partial charge < -0.3 is 5.73 Å². The first-order valence-electron chi connectivity index (χ1n) is 7.64. The molecule has 0 saturated heterocycles. The van der Waals surface area contributed by atoms with Gasteiger partial charge in [-0.25, -0.2) is 9.37 Å². The van der Waals surface area contributed by atoms with Gasteiger partial charge in [0, 0.05) is 5.70 Å². The molecule has 23 heavy (non-hydrogen) atoms. The Labute approximate surface area is 133 Å². The van der Waals surface area contributed by atoms with Gasteiger partial charge in [-0.05, 0) is 31.1 Å². The van der Waals surface area contributed by atoms with Crippen molar-refractivity contribution < 1.29 is 4.39 Å². The molecule has 0 unspecified atom stereocenters. The highest BCUT2D eigenvalue weighted by Crippen LogP contribution is 2.21. The zero-order valence-corrected chi connectivity index (χ0v) is 12.9. The van der Waals surface area contributed by atoms with Crippen molar-refractivity contribution in [2.24, 2.45) is 5.73 Å². The van der Waals surface area contributed by atoms with Gasteiger partial charge in [-0.3, -0.25) is 9.36 Å². The van der Waals surface area contributed by atoms with Gasteiger partial charge in [-0.1, -0.05) is 37.3 Å². The Hall–Kier alpha value is -2.53. The molecular formula is C18H18FN3O. The van der Waals surface area contributed by atoms with Crippen LogP contribution in [0.15, 0.2) is 53.4 Å². The maximum atomic E-state index is 14.2. The van der Waals surface area contributed by atoms with E-state index < -0.39 is 17.4 Å².